The molecule has 0 heterocycles. The van der Waals surface area contributed by atoms with Crippen LogP contribution < -0.4 is 9.47 Å². The number of hydrogen-bond acceptors (Lipinski definition) is 6. The molecule has 0 atom stereocenters. The molecular formula is C16H14O6. The predicted molar refractivity (Wildman–Crippen MR) is 79.1 cm³/mol. The van der Waals surface area contributed by atoms with Crippen molar-refractivity contribution in [3.8, 4) is 34.1 Å². The van der Waals surface area contributed by atoms with Gasteiger partial charge in [0.05, 0.1) is 25.3 Å². The molecule has 0 spiro atoms. The molecule has 0 aliphatic heterocycles. The number of rotatable bonds is 5. The summed E-state index contributed by atoms with van der Waals surface area (Å²) in [5, 5.41) is 20.4. The van der Waals surface area contributed by atoms with Gasteiger partial charge in [-0.3, -0.25) is 9.59 Å². The van der Waals surface area contributed by atoms with E-state index in [1.54, 1.807) is 0 Å². The Morgan fingerprint density at radius 1 is 0.773 bits per heavy atom. The molecule has 2 N–H and O–H groups in total. The summed E-state index contributed by atoms with van der Waals surface area (Å²) in [7, 11) is 2.82. The van der Waals surface area contributed by atoms with Crippen molar-refractivity contribution in [2.75, 3.05) is 14.2 Å². The minimum atomic E-state index is -0.323. The van der Waals surface area contributed by atoms with E-state index in [0.717, 1.165) is 0 Å². The van der Waals surface area contributed by atoms with Gasteiger partial charge in [0.15, 0.2) is 12.6 Å². The summed E-state index contributed by atoms with van der Waals surface area (Å²) in [6.07, 6.45) is 0.943. The Morgan fingerprint density at radius 2 is 1.14 bits per heavy atom. The highest BCUT2D eigenvalue weighted by atomic mass is 16.5. The molecule has 2 aromatic carbocycles. The molecule has 22 heavy (non-hydrogen) atoms. The molecule has 2 rings (SSSR count). The number of carbonyl (C=O) groups is 2. The summed E-state index contributed by atoms with van der Waals surface area (Å²) in [4.78, 5) is 22.1. The molecule has 0 aliphatic rings. The van der Waals surface area contributed by atoms with Gasteiger partial charge in [0.25, 0.3) is 0 Å². The molecule has 0 amide bonds. The molecule has 0 saturated carbocycles. The second-order valence-electron chi connectivity index (χ2n) is 4.46. The van der Waals surface area contributed by atoms with Crippen molar-refractivity contribution >= 4 is 12.6 Å². The Labute approximate surface area is 126 Å². The Morgan fingerprint density at radius 3 is 1.41 bits per heavy atom. The van der Waals surface area contributed by atoms with Crippen LogP contribution in [0.1, 0.15) is 20.7 Å². The molecule has 0 aromatic heterocycles. The smallest absolute Gasteiger partial charge is 0.153 e. The van der Waals surface area contributed by atoms with Gasteiger partial charge >= 0.3 is 0 Å². The number of aromatic hydroxyl groups is 2. The second kappa shape index (κ2) is 6.17. The molecule has 0 radical (unpaired) electrons. The summed E-state index contributed by atoms with van der Waals surface area (Å²) in [5.74, 6) is 0.00181. The highest BCUT2D eigenvalue weighted by Crippen LogP contribution is 2.42. The van der Waals surface area contributed by atoms with Crippen LogP contribution in [0.5, 0.6) is 23.0 Å². The molecule has 0 fully saturated rings. The monoisotopic (exact) mass is 302 g/mol. The van der Waals surface area contributed by atoms with Crippen molar-refractivity contribution in [1.29, 1.82) is 0 Å². The number of hydrogen-bond donors (Lipinski definition) is 2. The van der Waals surface area contributed by atoms with Gasteiger partial charge in [-0.05, 0) is 24.3 Å². The Hall–Kier alpha value is -3.02. The van der Waals surface area contributed by atoms with Crippen LogP contribution in [0.15, 0.2) is 24.3 Å². The van der Waals surface area contributed by atoms with Crippen molar-refractivity contribution in [2.24, 2.45) is 0 Å². The SMILES string of the molecule is COc1cc(C=O)c(O)c(-c2cc(OC)cc(C=O)c2O)c1. The minimum Gasteiger partial charge on any atom is -0.507 e. The Balaban J connectivity index is 2.80. The number of benzene rings is 2. The highest BCUT2D eigenvalue weighted by Gasteiger charge is 2.18. The summed E-state index contributed by atoms with van der Waals surface area (Å²) in [5.41, 5.74) is 0.315. The molecule has 0 unspecified atom stereocenters. The summed E-state index contributed by atoms with van der Waals surface area (Å²) in [6.45, 7) is 0. The zero-order valence-corrected chi connectivity index (χ0v) is 12.0. The molecule has 0 saturated heterocycles. The zero-order valence-electron chi connectivity index (χ0n) is 12.0. The lowest BCUT2D eigenvalue weighted by Crippen LogP contribution is -1.94. The van der Waals surface area contributed by atoms with Gasteiger partial charge in [0.1, 0.15) is 23.0 Å². The van der Waals surface area contributed by atoms with Crippen LogP contribution in [0.4, 0.5) is 0 Å². The summed E-state index contributed by atoms with van der Waals surface area (Å²) < 4.78 is 10.1. The van der Waals surface area contributed by atoms with Gasteiger partial charge in [0.2, 0.25) is 0 Å². The normalized spacial score (nSPS) is 10.1. The third-order valence-electron chi connectivity index (χ3n) is 3.24. The van der Waals surface area contributed by atoms with Gasteiger partial charge in [-0.2, -0.15) is 0 Å². The molecular weight excluding hydrogens is 288 g/mol. The van der Waals surface area contributed by atoms with E-state index in [1.165, 1.54) is 38.5 Å². The maximum atomic E-state index is 11.1. The van der Waals surface area contributed by atoms with Crippen LogP contribution in [-0.4, -0.2) is 37.0 Å². The fraction of sp³-hybridized carbons (Fsp3) is 0.125. The quantitative estimate of drug-likeness (QED) is 0.824. The predicted octanol–water partition coefficient (Wildman–Crippen LogP) is 2.41. The van der Waals surface area contributed by atoms with E-state index < -0.39 is 0 Å². The average Bonchev–Trinajstić information content (AvgIpc) is 2.55. The number of methoxy groups -OCH3 is 2. The van der Waals surface area contributed by atoms with E-state index in [9.17, 15) is 19.8 Å². The van der Waals surface area contributed by atoms with Gasteiger partial charge in [-0.15, -0.1) is 0 Å². The van der Waals surface area contributed by atoms with Crippen LogP contribution in [0.3, 0.4) is 0 Å². The molecule has 114 valence electrons. The molecule has 0 bridgehead atoms. The van der Waals surface area contributed by atoms with Crippen molar-refractivity contribution in [2.45, 2.75) is 0 Å². The van der Waals surface area contributed by atoms with Crippen molar-refractivity contribution in [1.82, 2.24) is 0 Å². The number of aldehydes is 2. The fourth-order valence-electron chi connectivity index (χ4n) is 2.08. The zero-order chi connectivity index (χ0) is 16.3. The average molecular weight is 302 g/mol. The van der Waals surface area contributed by atoms with Gasteiger partial charge in [-0.25, -0.2) is 0 Å². The Bertz CT molecular complexity index is 672. The first-order valence-electron chi connectivity index (χ1n) is 6.28. The fourth-order valence-corrected chi connectivity index (χ4v) is 2.08. The lowest BCUT2D eigenvalue weighted by molar-refractivity contribution is 0.111. The van der Waals surface area contributed by atoms with Crippen molar-refractivity contribution in [3.05, 3.63) is 35.4 Å². The maximum absolute atomic E-state index is 11.1. The first-order chi connectivity index (χ1) is 10.5. The van der Waals surface area contributed by atoms with Crippen LogP contribution >= 0.6 is 0 Å². The van der Waals surface area contributed by atoms with E-state index in [4.69, 9.17) is 9.47 Å². The number of phenolic OH excluding ortho intramolecular Hbond substituents is 2. The van der Waals surface area contributed by atoms with E-state index >= 15 is 0 Å². The van der Waals surface area contributed by atoms with Gasteiger partial charge in [-0.1, -0.05) is 0 Å². The molecule has 6 nitrogen and oxygen atoms in total. The molecule has 2 aromatic rings. The summed E-state index contributed by atoms with van der Waals surface area (Å²) in [6, 6.07) is 5.63. The van der Waals surface area contributed by atoms with E-state index in [-0.39, 0.29) is 33.8 Å². The van der Waals surface area contributed by atoms with Crippen LogP contribution in [0.2, 0.25) is 0 Å². The largest absolute Gasteiger partial charge is 0.507 e. The first-order valence-corrected chi connectivity index (χ1v) is 6.28. The highest BCUT2D eigenvalue weighted by molar-refractivity contribution is 5.92. The number of phenols is 2. The van der Waals surface area contributed by atoms with Crippen molar-refractivity contribution in [3.63, 3.8) is 0 Å². The second-order valence-corrected chi connectivity index (χ2v) is 4.46. The minimum absolute atomic E-state index is 0.00391. The third-order valence-corrected chi connectivity index (χ3v) is 3.24. The first kappa shape index (κ1) is 15.4. The molecule has 0 aliphatic carbocycles. The standard InChI is InChI=1S/C16H14O6/c1-21-11-3-9(7-17)15(19)13(5-11)14-6-12(22-2)4-10(8-18)16(14)20/h3-8,19-20H,1-2H3. The number of carbonyl (C=O) groups excluding carboxylic acids is 2. The maximum Gasteiger partial charge on any atom is 0.153 e. The van der Waals surface area contributed by atoms with Gasteiger partial charge < -0.3 is 19.7 Å². The Kier molecular flexibility index (Phi) is 4.31. The van der Waals surface area contributed by atoms with Crippen LogP contribution in [0.25, 0.3) is 11.1 Å². The van der Waals surface area contributed by atoms with Crippen LogP contribution in [-0.2, 0) is 0 Å². The molecule has 6 heteroatoms. The topological polar surface area (TPSA) is 93.1 Å². The third kappa shape index (κ3) is 2.58. The van der Waals surface area contributed by atoms with E-state index in [0.29, 0.717) is 24.1 Å². The number of ether oxygens (including phenoxy) is 2. The lowest BCUT2D eigenvalue weighted by Gasteiger charge is -2.13. The van der Waals surface area contributed by atoms with Crippen molar-refractivity contribution < 1.29 is 29.3 Å². The lowest BCUT2D eigenvalue weighted by atomic mass is 9.98. The van der Waals surface area contributed by atoms with E-state index in [2.05, 4.69) is 0 Å². The van der Waals surface area contributed by atoms with Gasteiger partial charge in [0, 0.05) is 11.1 Å². The van der Waals surface area contributed by atoms with Crippen LogP contribution in [0, 0.1) is 0 Å². The summed E-state index contributed by atoms with van der Waals surface area (Å²) >= 11 is 0. The van der Waals surface area contributed by atoms with E-state index in [1.807, 2.05) is 0 Å².